The Kier molecular flexibility index (Phi) is 7.68. The van der Waals surface area contributed by atoms with Crippen LogP contribution in [0.3, 0.4) is 0 Å². The van der Waals surface area contributed by atoms with Gasteiger partial charge in [-0.15, -0.1) is 0 Å². The maximum atomic E-state index is 14.1. The van der Waals surface area contributed by atoms with E-state index in [1.165, 1.54) is 6.07 Å². The molecule has 0 aromatic heterocycles. The van der Waals surface area contributed by atoms with Gasteiger partial charge >= 0.3 is 0 Å². The Labute approximate surface area is 202 Å². The smallest absolute Gasteiger partial charge is 0.256 e. The van der Waals surface area contributed by atoms with Crippen LogP contribution in [0, 0.1) is 17.0 Å². The molecule has 2 fully saturated rings. The molecule has 2 aliphatic heterocycles. The highest BCUT2D eigenvalue weighted by molar-refractivity contribution is 6.30. The summed E-state index contributed by atoms with van der Waals surface area (Å²) in [6, 6.07) is 9.97. The Bertz CT molecular complexity index is 1020. The maximum absolute atomic E-state index is 14.1. The van der Waals surface area contributed by atoms with E-state index in [1.54, 1.807) is 34.1 Å². The van der Waals surface area contributed by atoms with E-state index in [4.69, 9.17) is 21.1 Å². The van der Waals surface area contributed by atoms with Gasteiger partial charge in [0.2, 0.25) is 5.91 Å². The normalized spacial score (nSPS) is 18.0. The van der Waals surface area contributed by atoms with Crippen LogP contribution in [0.1, 0.15) is 29.6 Å². The SMILES string of the molecule is O=C(CC1(COc2ccc(Cl)cc2)CCN(C(=O)c2ccc(F)cc2F)CC1)N1CCOCC1. The molecule has 2 aromatic rings. The van der Waals surface area contributed by atoms with Crippen LogP contribution >= 0.6 is 11.6 Å². The topological polar surface area (TPSA) is 59.1 Å². The Morgan fingerprint density at radius 2 is 1.65 bits per heavy atom. The van der Waals surface area contributed by atoms with Crippen molar-refractivity contribution in [2.45, 2.75) is 19.3 Å². The highest BCUT2D eigenvalue weighted by Gasteiger charge is 2.40. The number of morpholine rings is 1. The van der Waals surface area contributed by atoms with Crippen LogP contribution < -0.4 is 4.74 Å². The minimum Gasteiger partial charge on any atom is -0.493 e. The first-order chi connectivity index (χ1) is 16.3. The lowest BCUT2D eigenvalue weighted by Crippen LogP contribution is -2.49. The van der Waals surface area contributed by atoms with E-state index in [0.29, 0.717) is 75.7 Å². The predicted molar refractivity (Wildman–Crippen MR) is 123 cm³/mol. The molecule has 0 N–H and O–H groups in total. The molecule has 0 atom stereocenters. The monoisotopic (exact) mass is 492 g/mol. The molecule has 2 saturated heterocycles. The number of hydrogen-bond acceptors (Lipinski definition) is 4. The molecular formula is C25H27ClF2N2O4. The Hall–Kier alpha value is -2.71. The fraction of sp³-hybridized carbons (Fsp3) is 0.440. The van der Waals surface area contributed by atoms with Crippen LogP contribution in [0.25, 0.3) is 0 Å². The van der Waals surface area contributed by atoms with E-state index in [1.807, 2.05) is 0 Å². The summed E-state index contributed by atoms with van der Waals surface area (Å²) < 4.78 is 38.8. The number of nitrogens with zero attached hydrogens (tertiary/aromatic N) is 2. The summed E-state index contributed by atoms with van der Waals surface area (Å²) in [5.41, 5.74) is -0.636. The van der Waals surface area contributed by atoms with Gasteiger partial charge in [0.1, 0.15) is 17.4 Å². The van der Waals surface area contributed by atoms with E-state index in [9.17, 15) is 18.4 Å². The Balaban J connectivity index is 1.46. The van der Waals surface area contributed by atoms with Gasteiger partial charge in [0.25, 0.3) is 5.91 Å². The lowest BCUT2D eigenvalue weighted by atomic mass is 9.75. The lowest BCUT2D eigenvalue weighted by molar-refractivity contribution is -0.139. The third-order valence-electron chi connectivity index (χ3n) is 6.52. The molecule has 0 spiro atoms. The minimum absolute atomic E-state index is 0.0346. The van der Waals surface area contributed by atoms with Crippen LogP contribution in [-0.4, -0.2) is 67.6 Å². The third kappa shape index (κ3) is 5.85. The molecule has 0 aliphatic carbocycles. The van der Waals surface area contributed by atoms with Crippen molar-refractivity contribution >= 4 is 23.4 Å². The minimum atomic E-state index is -0.879. The first-order valence-corrected chi connectivity index (χ1v) is 11.7. The van der Waals surface area contributed by atoms with E-state index in [-0.39, 0.29) is 17.9 Å². The highest BCUT2D eigenvalue weighted by Crippen LogP contribution is 2.37. The molecule has 0 bridgehead atoms. The van der Waals surface area contributed by atoms with Gasteiger partial charge in [0.15, 0.2) is 0 Å². The van der Waals surface area contributed by atoms with Crippen molar-refractivity contribution in [3.63, 3.8) is 0 Å². The fourth-order valence-electron chi connectivity index (χ4n) is 4.40. The van der Waals surface area contributed by atoms with Gasteiger partial charge in [0.05, 0.1) is 25.4 Å². The fourth-order valence-corrected chi connectivity index (χ4v) is 4.53. The standard InChI is InChI=1S/C25H27ClF2N2O4/c26-18-1-4-20(5-2-18)34-17-25(16-23(31)29-11-13-33-14-12-29)7-9-30(10-8-25)24(32)21-6-3-19(27)15-22(21)28/h1-6,15H,7-14,16-17H2. The van der Waals surface area contributed by atoms with Crippen LogP contribution in [0.4, 0.5) is 8.78 Å². The molecule has 0 saturated carbocycles. The number of benzene rings is 2. The predicted octanol–water partition coefficient (Wildman–Crippen LogP) is 4.17. The molecule has 2 amide bonds. The van der Waals surface area contributed by atoms with Crippen molar-refractivity contribution in [2.75, 3.05) is 46.0 Å². The zero-order chi connectivity index (χ0) is 24.1. The van der Waals surface area contributed by atoms with Gasteiger partial charge in [-0.2, -0.15) is 0 Å². The lowest BCUT2D eigenvalue weighted by Gasteiger charge is -2.42. The number of hydrogen-bond donors (Lipinski definition) is 0. The second-order valence-electron chi connectivity index (χ2n) is 8.83. The molecule has 0 radical (unpaired) electrons. The third-order valence-corrected chi connectivity index (χ3v) is 6.77. The summed E-state index contributed by atoms with van der Waals surface area (Å²) in [6.07, 6.45) is 1.32. The number of carbonyl (C=O) groups is 2. The number of rotatable bonds is 6. The summed E-state index contributed by atoms with van der Waals surface area (Å²) in [6.45, 7) is 3.14. The van der Waals surface area contributed by atoms with Crippen molar-refractivity contribution in [3.8, 4) is 5.75 Å². The number of ether oxygens (including phenoxy) is 2. The van der Waals surface area contributed by atoms with Crippen molar-refractivity contribution in [3.05, 3.63) is 64.7 Å². The number of carbonyl (C=O) groups excluding carboxylic acids is 2. The van der Waals surface area contributed by atoms with E-state index in [0.717, 1.165) is 6.07 Å². The van der Waals surface area contributed by atoms with Crippen molar-refractivity contribution < 1.29 is 27.8 Å². The highest BCUT2D eigenvalue weighted by atomic mass is 35.5. The molecule has 9 heteroatoms. The molecule has 2 aromatic carbocycles. The van der Waals surface area contributed by atoms with Gasteiger partial charge < -0.3 is 19.3 Å². The second kappa shape index (κ2) is 10.7. The first kappa shape index (κ1) is 24.4. The number of likely N-dealkylation sites (tertiary alicyclic amines) is 1. The van der Waals surface area contributed by atoms with E-state index in [2.05, 4.69) is 0 Å². The van der Waals surface area contributed by atoms with E-state index >= 15 is 0 Å². The van der Waals surface area contributed by atoms with Crippen LogP contribution in [0.15, 0.2) is 42.5 Å². The van der Waals surface area contributed by atoms with Crippen molar-refractivity contribution in [1.82, 2.24) is 9.80 Å². The van der Waals surface area contributed by atoms with Gasteiger partial charge in [-0.05, 0) is 49.2 Å². The Morgan fingerprint density at radius 1 is 0.971 bits per heavy atom. The maximum Gasteiger partial charge on any atom is 0.256 e. The second-order valence-corrected chi connectivity index (χ2v) is 9.27. The largest absolute Gasteiger partial charge is 0.493 e. The van der Waals surface area contributed by atoms with Crippen LogP contribution in [-0.2, 0) is 9.53 Å². The van der Waals surface area contributed by atoms with Crippen LogP contribution in [0.5, 0.6) is 5.75 Å². The average molecular weight is 493 g/mol. The molecule has 2 aliphatic rings. The van der Waals surface area contributed by atoms with Crippen LogP contribution in [0.2, 0.25) is 5.02 Å². The molecule has 4 rings (SSSR count). The molecule has 34 heavy (non-hydrogen) atoms. The van der Waals surface area contributed by atoms with Gasteiger partial charge in [-0.1, -0.05) is 11.6 Å². The van der Waals surface area contributed by atoms with Gasteiger partial charge in [0, 0.05) is 49.1 Å². The van der Waals surface area contributed by atoms with Gasteiger partial charge in [-0.3, -0.25) is 9.59 Å². The zero-order valence-corrected chi connectivity index (χ0v) is 19.5. The van der Waals surface area contributed by atoms with Crippen molar-refractivity contribution in [1.29, 1.82) is 0 Å². The zero-order valence-electron chi connectivity index (χ0n) is 18.8. The molecule has 2 heterocycles. The summed E-state index contributed by atoms with van der Waals surface area (Å²) in [7, 11) is 0. The summed E-state index contributed by atoms with van der Waals surface area (Å²) in [5.74, 6) is -1.41. The average Bonchev–Trinajstić information content (AvgIpc) is 2.84. The van der Waals surface area contributed by atoms with Crippen molar-refractivity contribution in [2.24, 2.45) is 5.41 Å². The number of amides is 2. The number of halogens is 3. The molecule has 0 unspecified atom stereocenters. The summed E-state index contributed by atoms with van der Waals surface area (Å²) >= 11 is 5.96. The van der Waals surface area contributed by atoms with Gasteiger partial charge in [-0.25, -0.2) is 8.78 Å². The summed E-state index contributed by atoms with van der Waals surface area (Å²) in [4.78, 5) is 29.3. The van der Waals surface area contributed by atoms with E-state index < -0.39 is 23.0 Å². The quantitative estimate of drug-likeness (QED) is 0.607. The molecular weight excluding hydrogens is 466 g/mol. The molecule has 6 nitrogen and oxygen atoms in total. The summed E-state index contributed by atoms with van der Waals surface area (Å²) in [5, 5.41) is 0.601. The first-order valence-electron chi connectivity index (χ1n) is 11.3. The molecule has 182 valence electrons. The number of piperidine rings is 1. The Morgan fingerprint density at radius 3 is 2.29 bits per heavy atom.